The van der Waals surface area contributed by atoms with Crippen molar-refractivity contribution >= 4 is 17.9 Å². The van der Waals surface area contributed by atoms with Gasteiger partial charge in [0.25, 0.3) is 0 Å². The fourth-order valence-electron chi connectivity index (χ4n) is 9.78. The van der Waals surface area contributed by atoms with Crippen molar-refractivity contribution in [2.45, 2.75) is 354 Å². The Kier molecular flexibility index (Phi) is 63.7. The van der Waals surface area contributed by atoms with E-state index in [1.54, 1.807) is 0 Å². The van der Waals surface area contributed by atoms with Gasteiger partial charge >= 0.3 is 17.9 Å². The Bertz CT molecular complexity index is 1440. The molecule has 0 aliphatic heterocycles. The molecule has 0 heterocycles. The molecule has 0 aliphatic carbocycles. The average molecular weight is 1090 g/mol. The van der Waals surface area contributed by atoms with Crippen molar-refractivity contribution in [2.24, 2.45) is 0 Å². The van der Waals surface area contributed by atoms with E-state index in [1.165, 1.54) is 218 Å². The summed E-state index contributed by atoms with van der Waals surface area (Å²) in [6.07, 6.45) is 86.5. The maximum Gasteiger partial charge on any atom is 0.306 e. The van der Waals surface area contributed by atoms with Gasteiger partial charge in [0, 0.05) is 19.3 Å². The predicted molar refractivity (Wildman–Crippen MR) is 339 cm³/mol. The molecular formula is C72H128O6. The zero-order valence-corrected chi connectivity index (χ0v) is 51.9. The van der Waals surface area contributed by atoms with Crippen LogP contribution < -0.4 is 0 Å². The zero-order valence-electron chi connectivity index (χ0n) is 51.9. The molecule has 0 saturated carbocycles. The van der Waals surface area contributed by atoms with Crippen LogP contribution in [0.3, 0.4) is 0 Å². The van der Waals surface area contributed by atoms with Crippen molar-refractivity contribution in [3.63, 3.8) is 0 Å². The average Bonchev–Trinajstić information content (AvgIpc) is 3.44. The highest BCUT2D eigenvalue weighted by molar-refractivity contribution is 5.71. The zero-order chi connectivity index (χ0) is 56.4. The molecule has 452 valence electrons. The van der Waals surface area contributed by atoms with E-state index >= 15 is 0 Å². The molecular weight excluding hydrogens is 961 g/mol. The molecule has 0 amide bonds. The molecule has 0 spiro atoms. The van der Waals surface area contributed by atoms with Crippen molar-refractivity contribution in [2.75, 3.05) is 13.2 Å². The molecule has 0 aliphatic rings. The summed E-state index contributed by atoms with van der Waals surface area (Å²) in [5.74, 6) is -0.877. The molecule has 0 aromatic carbocycles. The lowest BCUT2D eigenvalue weighted by Crippen LogP contribution is -2.30. The SMILES string of the molecule is CCC/C=C\CCCCCCCC(=O)OCC(COC(=O)CCCCCCCCCCCCCCCCCC/C=C\C/C=C\C/C=C\CCCCCCC)OC(=O)CCCCCCCCCCC/C=C\C/C=C\CCCCC. The van der Waals surface area contributed by atoms with Crippen molar-refractivity contribution in [1.29, 1.82) is 0 Å². The quantitative estimate of drug-likeness (QED) is 0.0261. The lowest BCUT2D eigenvalue weighted by Gasteiger charge is -2.18. The first-order valence-corrected chi connectivity index (χ1v) is 33.9. The minimum Gasteiger partial charge on any atom is -0.462 e. The first-order chi connectivity index (χ1) is 38.5. The van der Waals surface area contributed by atoms with Crippen molar-refractivity contribution in [3.8, 4) is 0 Å². The van der Waals surface area contributed by atoms with Gasteiger partial charge in [-0.05, 0) is 109 Å². The van der Waals surface area contributed by atoms with Crippen LogP contribution in [0.2, 0.25) is 0 Å². The fourth-order valence-corrected chi connectivity index (χ4v) is 9.78. The number of carbonyl (C=O) groups excluding carboxylic acids is 3. The highest BCUT2D eigenvalue weighted by atomic mass is 16.6. The van der Waals surface area contributed by atoms with E-state index in [4.69, 9.17) is 14.2 Å². The lowest BCUT2D eigenvalue weighted by atomic mass is 10.0. The van der Waals surface area contributed by atoms with Crippen LogP contribution in [0, 0.1) is 0 Å². The number of esters is 3. The van der Waals surface area contributed by atoms with Crippen LogP contribution in [-0.2, 0) is 28.6 Å². The molecule has 1 atom stereocenters. The third kappa shape index (κ3) is 63.7. The number of hydrogen-bond donors (Lipinski definition) is 0. The Morgan fingerprint density at radius 2 is 0.487 bits per heavy atom. The second-order valence-corrected chi connectivity index (χ2v) is 22.7. The van der Waals surface area contributed by atoms with Gasteiger partial charge in [0.2, 0.25) is 0 Å². The van der Waals surface area contributed by atoms with E-state index in [2.05, 4.69) is 93.7 Å². The Morgan fingerprint density at radius 3 is 0.808 bits per heavy atom. The van der Waals surface area contributed by atoms with E-state index in [9.17, 15) is 14.4 Å². The second kappa shape index (κ2) is 66.4. The summed E-state index contributed by atoms with van der Waals surface area (Å²) in [5, 5.41) is 0. The third-order valence-electron chi connectivity index (χ3n) is 14.9. The summed E-state index contributed by atoms with van der Waals surface area (Å²) in [4.78, 5) is 38.3. The minimum atomic E-state index is -0.780. The van der Waals surface area contributed by atoms with Gasteiger partial charge in [0.1, 0.15) is 13.2 Å². The van der Waals surface area contributed by atoms with Gasteiger partial charge in [-0.3, -0.25) is 14.4 Å². The number of hydrogen-bond acceptors (Lipinski definition) is 6. The van der Waals surface area contributed by atoms with Gasteiger partial charge in [0.15, 0.2) is 6.10 Å². The predicted octanol–water partition coefficient (Wildman–Crippen LogP) is 23.3. The third-order valence-corrected chi connectivity index (χ3v) is 14.9. The van der Waals surface area contributed by atoms with Gasteiger partial charge in [0.05, 0.1) is 0 Å². The molecule has 0 bridgehead atoms. The molecule has 6 nitrogen and oxygen atoms in total. The number of ether oxygens (including phenoxy) is 3. The summed E-state index contributed by atoms with van der Waals surface area (Å²) in [6.45, 7) is 6.57. The molecule has 0 aromatic heterocycles. The monoisotopic (exact) mass is 1090 g/mol. The Balaban J connectivity index is 4.14. The summed E-state index contributed by atoms with van der Waals surface area (Å²) in [7, 11) is 0. The standard InChI is InChI=1S/C72H128O6/c1-4-7-10-13-16-19-22-24-26-28-30-31-32-33-34-35-36-37-38-39-40-41-43-44-46-48-50-53-56-59-62-65-71(74)77-68-69(67-76-70(73)64-61-58-55-52-21-18-15-12-9-6-3)78-72(75)66-63-60-57-54-51-49-47-45-42-29-27-25-23-20-17-14-11-8-5-2/h12,15,17,20,22,24-25,27-28,30,32-33,69H,4-11,13-14,16,18-19,21,23,26,29,31,34-68H2,1-3H3/b15-12-,20-17-,24-22-,27-25-,30-28-,33-32-. The van der Waals surface area contributed by atoms with Crippen LogP contribution >= 0.6 is 0 Å². The molecule has 1 unspecified atom stereocenters. The molecule has 0 saturated heterocycles. The topological polar surface area (TPSA) is 78.9 Å². The van der Waals surface area contributed by atoms with Crippen LogP contribution in [0.4, 0.5) is 0 Å². The summed E-state index contributed by atoms with van der Waals surface area (Å²) in [5.41, 5.74) is 0. The molecule has 78 heavy (non-hydrogen) atoms. The van der Waals surface area contributed by atoms with Crippen molar-refractivity contribution < 1.29 is 28.6 Å². The van der Waals surface area contributed by atoms with E-state index in [0.717, 1.165) is 89.9 Å². The Hall–Kier alpha value is -3.15. The van der Waals surface area contributed by atoms with Crippen LogP contribution in [0.1, 0.15) is 348 Å². The van der Waals surface area contributed by atoms with Gasteiger partial charge in [-0.15, -0.1) is 0 Å². The summed E-state index contributed by atoms with van der Waals surface area (Å²) in [6, 6.07) is 0. The molecule has 0 radical (unpaired) electrons. The first-order valence-electron chi connectivity index (χ1n) is 33.9. The highest BCUT2D eigenvalue weighted by Gasteiger charge is 2.19. The minimum absolute atomic E-state index is 0.0772. The summed E-state index contributed by atoms with van der Waals surface area (Å²) < 4.78 is 16.9. The largest absolute Gasteiger partial charge is 0.462 e. The van der Waals surface area contributed by atoms with Crippen LogP contribution in [0.5, 0.6) is 0 Å². The molecule has 6 heteroatoms. The van der Waals surface area contributed by atoms with Crippen LogP contribution in [-0.4, -0.2) is 37.2 Å². The van der Waals surface area contributed by atoms with Crippen molar-refractivity contribution in [3.05, 3.63) is 72.9 Å². The Morgan fingerprint density at radius 1 is 0.256 bits per heavy atom. The number of unbranched alkanes of at least 4 members (excludes halogenated alkanes) is 39. The van der Waals surface area contributed by atoms with E-state index < -0.39 is 6.10 Å². The number of carbonyl (C=O) groups is 3. The second-order valence-electron chi connectivity index (χ2n) is 22.7. The number of allylic oxidation sites excluding steroid dienone is 12. The molecule has 0 N–H and O–H groups in total. The van der Waals surface area contributed by atoms with Gasteiger partial charge in [-0.1, -0.05) is 293 Å². The van der Waals surface area contributed by atoms with Gasteiger partial charge in [-0.2, -0.15) is 0 Å². The van der Waals surface area contributed by atoms with E-state index in [1.807, 2.05) is 0 Å². The van der Waals surface area contributed by atoms with Gasteiger partial charge in [-0.25, -0.2) is 0 Å². The van der Waals surface area contributed by atoms with Crippen LogP contribution in [0.15, 0.2) is 72.9 Å². The van der Waals surface area contributed by atoms with E-state index in [0.29, 0.717) is 19.3 Å². The normalized spacial score (nSPS) is 12.5. The molecule has 0 fully saturated rings. The Labute approximate surface area is 484 Å². The fraction of sp³-hybridized carbons (Fsp3) is 0.792. The lowest BCUT2D eigenvalue weighted by molar-refractivity contribution is -0.167. The van der Waals surface area contributed by atoms with Gasteiger partial charge < -0.3 is 14.2 Å². The van der Waals surface area contributed by atoms with Crippen molar-refractivity contribution in [1.82, 2.24) is 0 Å². The molecule has 0 rings (SSSR count). The first kappa shape index (κ1) is 74.8. The molecule has 0 aromatic rings. The number of rotatable bonds is 62. The summed E-state index contributed by atoms with van der Waals surface area (Å²) >= 11 is 0. The maximum absolute atomic E-state index is 12.9. The highest BCUT2D eigenvalue weighted by Crippen LogP contribution is 2.17. The smallest absolute Gasteiger partial charge is 0.306 e. The van der Waals surface area contributed by atoms with Crippen LogP contribution in [0.25, 0.3) is 0 Å². The maximum atomic E-state index is 12.9. The van der Waals surface area contributed by atoms with E-state index in [-0.39, 0.29) is 31.1 Å².